The maximum Gasteiger partial charge on any atom is 0.293 e. The molecule has 4 aromatic rings. The highest BCUT2D eigenvalue weighted by Crippen LogP contribution is 2.31. The molecule has 0 radical (unpaired) electrons. The second-order valence-electron chi connectivity index (χ2n) is 5.10. The molecule has 1 N–H and O–H groups in total. The molecule has 4 rings (SSSR count). The molecule has 0 spiro atoms. The maximum absolute atomic E-state index is 9.60. The highest BCUT2D eigenvalue weighted by atomic mass is 127. The van der Waals surface area contributed by atoms with Gasteiger partial charge in [-0.25, -0.2) is 0 Å². The van der Waals surface area contributed by atoms with Gasteiger partial charge in [0.15, 0.2) is 5.76 Å². The smallest absolute Gasteiger partial charge is 0.293 e. The number of phenols is 1. The van der Waals surface area contributed by atoms with Gasteiger partial charge in [-0.1, -0.05) is 5.16 Å². The number of aromatic nitrogens is 2. The number of rotatable bonds is 3. The van der Waals surface area contributed by atoms with E-state index in [1.807, 2.05) is 40.8 Å². The molecule has 0 bridgehead atoms. The molecule has 7 heteroatoms. The highest BCUT2D eigenvalue weighted by molar-refractivity contribution is 14.1. The van der Waals surface area contributed by atoms with Crippen molar-refractivity contribution in [2.24, 2.45) is 0 Å². The Morgan fingerprint density at radius 2 is 2.00 bits per heavy atom. The Morgan fingerprint density at radius 3 is 2.79 bits per heavy atom. The molecular formula is C17H11IN2O4. The van der Waals surface area contributed by atoms with E-state index in [4.69, 9.17) is 13.7 Å². The zero-order chi connectivity index (χ0) is 16.7. The third-order valence-electron chi connectivity index (χ3n) is 3.57. The van der Waals surface area contributed by atoms with E-state index < -0.39 is 0 Å². The van der Waals surface area contributed by atoms with Gasteiger partial charge in [-0.2, -0.15) is 4.98 Å². The molecule has 2 aromatic heterocycles. The van der Waals surface area contributed by atoms with Crippen molar-refractivity contribution < 1.29 is 18.8 Å². The van der Waals surface area contributed by atoms with Crippen LogP contribution in [0.1, 0.15) is 0 Å². The molecule has 0 fully saturated rings. The summed E-state index contributed by atoms with van der Waals surface area (Å²) in [6.07, 6.45) is 0. The van der Waals surface area contributed by atoms with Crippen molar-refractivity contribution in [2.75, 3.05) is 7.11 Å². The summed E-state index contributed by atoms with van der Waals surface area (Å²) in [6, 6.07) is 12.5. The van der Waals surface area contributed by atoms with Gasteiger partial charge in [-0.3, -0.25) is 0 Å². The Kier molecular flexibility index (Phi) is 3.64. The second kappa shape index (κ2) is 5.82. The average molecular weight is 434 g/mol. The van der Waals surface area contributed by atoms with Crippen molar-refractivity contribution in [3.8, 4) is 34.5 Å². The number of aromatic hydroxyl groups is 1. The van der Waals surface area contributed by atoms with Crippen LogP contribution in [0.15, 0.2) is 51.4 Å². The number of phenolic OH excluding ortho intramolecular Hbond substituents is 1. The molecule has 0 aliphatic carbocycles. The van der Waals surface area contributed by atoms with Crippen molar-refractivity contribution in [2.45, 2.75) is 0 Å². The van der Waals surface area contributed by atoms with Crippen LogP contribution in [0.3, 0.4) is 0 Å². The molecule has 0 aliphatic rings. The summed E-state index contributed by atoms with van der Waals surface area (Å²) in [6.45, 7) is 0. The maximum atomic E-state index is 9.60. The van der Waals surface area contributed by atoms with Crippen LogP contribution in [0.2, 0.25) is 0 Å². The molecule has 120 valence electrons. The number of nitrogens with zero attached hydrogens (tertiary/aromatic N) is 2. The fourth-order valence-electron chi connectivity index (χ4n) is 2.33. The molecule has 6 nitrogen and oxygen atoms in total. The lowest BCUT2D eigenvalue weighted by molar-refractivity contribution is 0.413. The fourth-order valence-corrected chi connectivity index (χ4v) is 2.85. The summed E-state index contributed by atoms with van der Waals surface area (Å²) < 4.78 is 17.0. The van der Waals surface area contributed by atoms with E-state index in [0.717, 1.165) is 10.9 Å². The highest BCUT2D eigenvalue weighted by Gasteiger charge is 2.16. The predicted molar refractivity (Wildman–Crippen MR) is 95.9 cm³/mol. The molecule has 0 saturated heterocycles. The lowest BCUT2D eigenvalue weighted by Crippen LogP contribution is -1.82. The van der Waals surface area contributed by atoms with E-state index in [0.29, 0.717) is 32.4 Å². The van der Waals surface area contributed by atoms with Gasteiger partial charge in [-0.05, 0) is 59.0 Å². The summed E-state index contributed by atoms with van der Waals surface area (Å²) in [4.78, 5) is 4.37. The van der Waals surface area contributed by atoms with Crippen LogP contribution in [0.5, 0.6) is 11.5 Å². The zero-order valence-electron chi connectivity index (χ0n) is 12.5. The Morgan fingerprint density at radius 1 is 1.12 bits per heavy atom. The standard InChI is InChI=1S/C17H11IN2O4/c1-22-11-4-2-9-7-15(23-14(9)8-11)17-19-16(20-24-17)10-3-5-13(21)12(18)6-10/h2-8,21H,1H3. The summed E-state index contributed by atoms with van der Waals surface area (Å²) in [5, 5.41) is 14.5. The number of hydrogen-bond acceptors (Lipinski definition) is 6. The Labute approximate surface area is 150 Å². The van der Waals surface area contributed by atoms with Gasteiger partial charge in [0, 0.05) is 17.0 Å². The van der Waals surface area contributed by atoms with E-state index in [1.165, 1.54) is 0 Å². The second-order valence-corrected chi connectivity index (χ2v) is 6.27. The molecule has 0 saturated carbocycles. The van der Waals surface area contributed by atoms with Crippen molar-refractivity contribution in [1.29, 1.82) is 0 Å². The van der Waals surface area contributed by atoms with Gasteiger partial charge in [0.1, 0.15) is 17.1 Å². The van der Waals surface area contributed by atoms with Crippen LogP contribution in [-0.2, 0) is 0 Å². The Balaban J connectivity index is 1.72. The van der Waals surface area contributed by atoms with Crippen LogP contribution < -0.4 is 4.74 Å². The third kappa shape index (κ3) is 2.60. The lowest BCUT2D eigenvalue weighted by Gasteiger charge is -1.98. The number of ether oxygens (including phenoxy) is 1. The predicted octanol–water partition coefficient (Wildman–Crippen LogP) is 4.47. The van der Waals surface area contributed by atoms with Gasteiger partial charge in [-0.15, -0.1) is 0 Å². The molecule has 24 heavy (non-hydrogen) atoms. The minimum atomic E-state index is 0.217. The summed E-state index contributed by atoms with van der Waals surface area (Å²) in [5.74, 6) is 2.15. The number of hydrogen-bond donors (Lipinski definition) is 1. The van der Waals surface area contributed by atoms with Crippen molar-refractivity contribution in [3.63, 3.8) is 0 Å². The summed E-state index contributed by atoms with van der Waals surface area (Å²) >= 11 is 2.04. The lowest BCUT2D eigenvalue weighted by atomic mass is 10.2. The van der Waals surface area contributed by atoms with Gasteiger partial charge in [0.25, 0.3) is 5.89 Å². The first-order valence-corrected chi connectivity index (χ1v) is 8.12. The number of furan rings is 1. The number of halogens is 1. The van der Waals surface area contributed by atoms with E-state index in [9.17, 15) is 5.11 Å². The number of fused-ring (bicyclic) bond motifs is 1. The fraction of sp³-hybridized carbons (Fsp3) is 0.0588. The Hall–Kier alpha value is -2.55. The SMILES string of the molecule is COc1ccc2cc(-c3nc(-c4ccc(O)c(I)c4)no3)oc2c1. The van der Waals surface area contributed by atoms with E-state index in [1.54, 1.807) is 31.4 Å². The van der Waals surface area contributed by atoms with Crippen molar-refractivity contribution in [3.05, 3.63) is 46.0 Å². The largest absolute Gasteiger partial charge is 0.507 e. The molecule has 2 heterocycles. The molecule has 0 unspecified atom stereocenters. The van der Waals surface area contributed by atoms with Crippen LogP contribution in [0, 0.1) is 3.57 Å². The first-order chi connectivity index (χ1) is 11.6. The zero-order valence-corrected chi connectivity index (χ0v) is 14.6. The monoisotopic (exact) mass is 434 g/mol. The van der Waals surface area contributed by atoms with E-state index in [2.05, 4.69) is 10.1 Å². The summed E-state index contributed by atoms with van der Waals surface area (Å²) in [5.41, 5.74) is 1.44. The molecule has 0 atom stereocenters. The van der Waals surface area contributed by atoms with Gasteiger partial charge in [0.05, 0.1) is 10.7 Å². The molecule has 2 aromatic carbocycles. The minimum absolute atomic E-state index is 0.217. The van der Waals surface area contributed by atoms with E-state index >= 15 is 0 Å². The van der Waals surface area contributed by atoms with Gasteiger partial charge >= 0.3 is 0 Å². The topological polar surface area (TPSA) is 81.5 Å². The number of methoxy groups -OCH3 is 1. The van der Waals surface area contributed by atoms with E-state index in [-0.39, 0.29) is 5.75 Å². The van der Waals surface area contributed by atoms with Crippen LogP contribution >= 0.6 is 22.6 Å². The van der Waals surface area contributed by atoms with Crippen LogP contribution in [0.4, 0.5) is 0 Å². The average Bonchev–Trinajstić information content (AvgIpc) is 3.22. The first kappa shape index (κ1) is 15.0. The molecule has 0 aliphatic heterocycles. The molecular weight excluding hydrogens is 423 g/mol. The van der Waals surface area contributed by atoms with Crippen LogP contribution in [0.25, 0.3) is 34.0 Å². The quantitative estimate of drug-likeness (QED) is 0.480. The van der Waals surface area contributed by atoms with Crippen molar-refractivity contribution in [1.82, 2.24) is 10.1 Å². The van der Waals surface area contributed by atoms with Crippen molar-refractivity contribution >= 4 is 33.6 Å². The summed E-state index contributed by atoms with van der Waals surface area (Å²) in [7, 11) is 1.61. The molecule has 0 amide bonds. The minimum Gasteiger partial charge on any atom is -0.507 e. The van der Waals surface area contributed by atoms with Gasteiger partial charge < -0.3 is 18.8 Å². The number of benzene rings is 2. The third-order valence-corrected chi connectivity index (χ3v) is 4.43. The first-order valence-electron chi connectivity index (χ1n) is 7.04. The Bertz CT molecular complexity index is 1040. The normalized spacial score (nSPS) is 11.1. The van der Waals surface area contributed by atoms with Crippen LogP contribution in [-0.4, -0.2) is 22.4 Å². The van der Waals surface area contributed by atoms with Gasteiger partial charge in [0.2, 0.25) is 5.82 Å².